The Morgan fingerprint density at radius 3 is 2.53 bits per heavy atom. The molecule has 0 N–H and O–H groups in total. The molecule has 3 amide bonds. The molecular formula is C12H8ClNO4S. The first kappa shape index (κ1) is 13.6. The number of hydrogen-bond acceptors (Lipinski definition) is 5. The zero-order valence-electron chi connectivity index (χ0n) is 9.75. The lowest BCUT2D eigenvalue weighted by Crippen LogP contribution is -2.34. The van der Waals surface area contributed by atoms with Crippen LogP contribution in [0.25, 0.3) is 6.08 Å². The van der Waals surface area contributed by atoms with Gasteiger partial charge in [0.1, 0.15) is 0 Å². The first-order chi connectivity index (χ1) is 9.02. The highest BCUT2D eigenvalue weighted by Gasteiger charge is 2.40. The van der Waals surface area contributed by atoms with Crippen LogP contribution in [0.15, 0.2) is 29.2 Å². The molecule has 5 nitrogen and oxygen atoms in total. The number of hydrogen-bond donors (Lipinski definition) is 0. The predicted molar refractivity (Wildman–Crippen MR) is 71.7 cm³/mol. The van der Waals surface area contributed by atoms with Gasteiger partial charge in [-0.25, -0.2) is 4.79 Å². The number of methoxy groups -OCH3 is 1. The Morgan fingerprint density at radius 2 is 1.95 bits per heavy atom. The number of carbonyl (C=O) groups excluding carboxylic acids is 3. The van der Waals surface area contributed by atoms with Crippen LogP contribution in [-0.4, -0.2) is 29.2 Å². The van der Waals surface area contributed by atoms with E-state index in [-0.39, 0.29) is 4.91 Å². The number of halogens is 1. The van der Waals surface area contributed by atoms with Crippen LogP contribution in [0.4, 0.5) is 9.59 Å². The second kappa shape index (κ2) is 5.46. The van der Waals surface area contributed by atoms with E-state index in [1.807, 2.05) is 0 Å². The molecule has 1 saturated heterocycles. The molecule has 1 aromatic carbocycles. The fraction of sp³-hybridized carbons (Fsp3) is 0.0833. The maximum atomic E-state index is 11.9. The first-order valence-electron chi connectivity index (χ1n) is 5.14. The number of ether oxygens (including phenoxy) is 1. The third-order valence-electron chi connectivity index (χ3n) is 2.32. The average Bonchev–Trinajstić information content (AvgIpc) is 2.66. The minimum atomic E-state index is -0.984. The van der Waals surface area contributed by atoms with Crippen molar-refractivity contribution in [3.8, 4) is 0 Å². The van der Waals surface area contributed by atoms with E-state index in [2.05, 4.69) is 4.74 Å². The number of imide groups is 3. The zero-order valence-corrected chi connectivity index (χ0v) is 11.3. The Bertz CT molecular complexity index is 582. The van der Waals surface area contributed by atoms with Crippen LogP contribution in [0, 0.1) is 0 Å². The van der Waals surface area contributed by atoms with Crippen molar-refractivity contribution in [2.24, 2.45) is 0 Å². The van der Waals surface area contributed by atoms with Crippen LogP contribution in [0.2, 0.25) is 5.02 Å². The van der Waals surface area contributed by atoms with Crippen molar-refractivity contribution in [1.82, 2.24) is 4.90 Å². The molecule has 2 rings (SSSR count). The monoisotopic (exact) mass is 297 g/mol. The lowest BCUT2D eigenvalue weighted by atomic mass is 10.2. The van der Waals surface area contributed by atoms with Crippen LogP contribution in [-0.2, 0) is 9.53 Å². The minimum Gasteiger partial charge on any atom is -0.452 e. The fourth-order valence-corrected chi connectivity index (χ4v) is 2.36. The summed E-state index contributed by atoms with van der Waals surface area (Å²) in [6.07, 6.45) is 0.534. The molecule has 1 aromatic rings. The topological polar surface area (TPSA) is 63.7 Å². The molecule has 98 valence electrons. The Labute approximate surface area is 118 Å². The third-order valence-corrected chi connectivity index (χ3v) is 3.44. The van der Waals surface area contributed by atoms with Crippen molar-refractivity contribution in [3.05, 3.63) is 39.8 Å². The van der Waals surface area contributed by atoms with Gasteiger partial charge < -0.3 is 4.74 Å². The quantitative estimate of drug-likeness (QED) is 0.745. The smallest absolute Gasteiger partial charge is 0.424 e. The van der Waals surface area contributed by atoms with Crippen molar-refractivity contribution in [1.29, 1.82) is 0 Å². The summed E-state index contributed by atoms with van der Waals surface area (Å²) in [7, 11) is 1.11. The van der Waals surface area contributed by atoms with Gasteiger partial charge in [-0.3, -0.25) is 9.59 Å². The Balaban J connectivity index is 2.28. The molecule has 0 aliphatic carbocycles. The Hall–Kier alpha value is -1.79. The van der Waals surface area contributed by atoms with E-state index in [0.717, 1.165) is 7.11 Å². The number of benzene rings is 1. The second-order valence-corrected chi connectivity index (χ2v) is 4.97. The number of thioether (sulfide) groups is 1. The molecule has 0 bridgehead atoms. The summed E-state index contributed by atoms with van der Waals surface area (Å²) in [4.78, 5) is 35.3. The Morgan fingerprint density at radius 1 is 1.32 bits per heavy atom. The van der Waals surface area contributed by atoms with Gasteiger partial charge in [-0.05, 0) is 35.5 Å². The summed E-state index contributed by atoms with van der Waals surface area (Å²) < 4.78 is 4.38. The highest BCUT2D eigenvalue weighted by molar-refractivity contribution is 8.18. The van der Waals surface area contributed by atoms with Crippen LogP contribution in [0.5, 0.6) is 0 Å². The van der Waals surface area contributed by atoms with Crippen molar-refractivity contribution in [2.45, 2.75) is 0 Å². The molecule has 1 fully saturated rings. The fourth-order valence-electron chi connectivity index (χ4n) is 1.43. The molecule has 7 heteroatoms. The van der Waals surface area contributed by atoms with Crippen LogP contribution < -0.4 is 0 Å². The largest absolute Gasteiger partial charge is 0.452 e. The summed E-state index contributed by atoms with van der Waals surface area (Å²) in [5.41, 5.74) is 0.708. The number of amides is 3. The van der Waals surface area contributed by atoms with E-state index in [1.54, 1.807) is 24.3 Å². The van der Waals surface area contributed by atoms with Crippen LogP contribution in [0.1, 0.15) is 5.56 Å². The van der Waals surface area contributed by atoms with Gasteiger partial charge in [0.05, 0.1) is 12.0 Å². The standard InChI is InChI=1S/C12H8ClNO4S/c1-18-11(16)14-10(15)9(19-12(14)17)6-7-2-4-8(13)5-3-7/h2-6H,1H3. The normalized spacial score (nSPS) is 17.2. The lowest BCUT2D eigenvalue weighted by molar-refractivity contribution is -0.121. The van der Waals surface area contributed by atoms with Crippen LogP contribution >= 0.6 is 23.4 Å². The predicted octanol–water partition coefficient (Wildman–Crippen LogP) is 3.14. The highest BCUT2D eigenvalue weighted by atomic mass is 35.5. The number of carbonyl (C=O) groups is 3. The van der Waals surface area contributed by atoms with E-state index >= 15 is 0 Å². The summed E-state index contributed by atoms with van der Waals surface area (Å²) in [5.74, 6) is -0.684. The van der Waals surface area contributed by atoms with E-state index in [0.29, 0.717) is 27.2 Å². The number of nitrogens with zero attached hydrogens (tertiary/aromatic N) is 1. The van der Waals surface area contributed by atoms with Crippen molar-refractivity contribution < 1.29 is 19.1 Å². The third kappa shape index (κ3) is 2.80. The van der Waals surface area contributed by atoms with Crippen molar-refractivity contribution in [3.63, 3.8) is 0 Å². The molecule has 0 radical (unpaired) electrons. The molecule has 0 spiro atoms. The molecular weight excluding hydrogens is 290 g/mol. The van der Waals surface area contributed by atoms with Gasteiger partial charge in [0.2, 0.25) is 0 Å². The molecule has 1 aliphatic heterocycles. The minimum absolute atomic E-state index is 0.165. The molecule has 1 heterocycles. The van der Waals surface area contributed by atoms with Gasteiger partial charge in [0.25, 0.3) is 5.91 Å². The molecule has 0 atom stereocenters. The highest BCUT2D eigenvalue weighted by Crippen LogP contribution is 2.32. The maximum absolute atomic E-state index is 11.9. The van der Waals surface area contributed by atoms with E-state index < -0.39 is 17.2 Å². The van der Waals surface area contributed by atoms with Gasteiger partial charge >= 0.3 is 11.3 Å². The van der Waals surface area contributed by atoms with E-state index in [9.17, 15) is 14.4 Å². The lowest BCUT2D eigenvalue weighted by Gasteiger charge is -2.07. The van der Waals surface area contributed by atoms with Crippen molar-refractivity contribution in [2.75, 3.05) is 7.11 Å². The molecule has 1 aliphatic rings. The van der Waals surface area contributed by atoms with Crippen molar-refractivity contribution >= 4 is 46.7 Å². The van der Waals surface area contributed by atoms with Gasteiger partial charge in [0, 0.05) is 5.02 Å². The van der Waals surface area contributed by atoms with E-state index in [1.165, 1.54) is 6.08 Å². The first-order valence-corrected chi connectivity index (χ1v) is 6.34. The summed E-state index contributed by atoms with van der Waals surface area (Å²) in [5, 5.41) is -0.100. The molecule has 19 heavy (non-hydrogen) atoms. The molecule has 0 saturated carbocycles. The van der Waals surface area contributed by atoms with Gasteiger partial charge in [0.15, 0.2) is 0 Å². The zero-order chi connectivity index (χ0) is 14.0. The molecule has 0 unspecified atom stereocenters. The SMILES string of the molecule is COC(=O)N1C(=O)SC(=Cc2ccc(Cl)cc2)C1=O. The summed E-state index contributed by atoms with van der Waals surface area (Å²) in [6.45, 7) is 0. The van der Waals surface area contributed by atoms with E-state index in [4.69, 9.17) is 11.6 Å². The Kier molecular flexibility index (Phi) is 3.92. The number of rotatable bonds is 1. The van der Waals surface area contributed by atoms with Gasteiger partial charge in [-0.2, -0.15) is 4.90 Å². The van der Waals surface area contributed by atoms with Crippen LogP contribution in [0.3, 0.4) is 0 Å². The summed E-state index contributed by atoms with van der Waals surface area (Å²) >= 11 is 6.44. The maximum Gasteiger partial charge on any atom is 0.424 e. The second-order valence-electron chi connectivity index (χ2n) is 3.54. The van der Waals surface area contributed by atoms with Gasteiger partial charge in [-0.1, -0.05) is 23.7 Å². The molecule has 0 aromatic heterocycles. The average molecular weight is 298 g/mol. The summed E-state index contributed by atoms with van der Waals surface area (Å²) in [6, 6.07) is 6.73. The van der Waals surface area contributed by atoms with Gasteiger partial charge in [-0.15, -0.1) is 0 Å².